The summed E-state index contributed by atoms with van der Waals surface area (Å²) < 4.78 is 56.8. The molecule has 0 bridgehead atoms. The molecule has 2 aromatic heterocycles. The molecule has 0 unspecified atom stereocenters. The van der Waals surface area contributed by atoms with Crippen molar-refractivity contribution < 1.29 is 26.0 Å². The number of sulfone groups is 1. The number of amides is 1. The van der Waals surface area contributed by atoms with E-state index < -0.39 is 31.8 Å². The lowest BCUT2D eigenvalue weighted by molar-refractivity contribution is -0.122. The van der Waals surface area contributed by atoms with E-state index in [0.717, 1.165) is 4.31 Å². The third-order valence-electron chi connectivity index (χ3n) is 4.83. The molecule has 1 aliphatic heterocycles. The van der Waals surface area contributed by atoms with E-state index in [9.17, 15) is 21.6 Å². The highest BCUT2D eigenvalue weighted by Gasteiger charge is 2.31. The highest BCUT2D eigenvalue weighted by atomic mass is 32.2. The number of nitrogens with zero attached hydrogens (tertiary/aromatic N) is 3. The first-order valence-electron chi connectivity index (χ1n) is 9.02. The maximum atomic E-state index is 13.0. The van der Waals surface area contributed by atoms with E-state index >= 15 is 0 Å². The highest BCUT2D eigenvalue weighted by molar-refractivity contribution is 7.91. The summed E-state index contributed by atoms with van der Waals surface area (Å²) in [5.74, 6) is 0.0743. The van der Waals surface area contributed by atoms with Gasteiger partial charge in [-0.15, -0.1) is 0 Å². The van der Waals surface area contributed by atoms with E-state index in [1.165, 1.54) is 18.0 Å². The van der Waals surface area contributed by atoms with Crippen LogP contribution in [-0.4, -0.2) is 61.4 Å². The number of hydrogen-bond acceptors (Lipinski definition) is 7. The lowest BCUT2D eigenvalue weighted by Crippen LogP contribution is -2.38. The van der Waals surface area contributed by atoms with Gasteiger partial charge < -0.3 is 9.73 Å². The van der Waals surface area contributed by atoms with Crippen molar-refractivity contribution >= 4 is 25.8 Å². The molecule has 2 aromatic rings. The van der Waals surface area contributed by atoms with Gasteiger partial charge in [-0.3, -0.25) is 9.48 Å². The van der Waals surface area contributed by atoms with Gasteiger partial charge in [0.05, 0.1) is 35.7 Å². The Bertz CT molecular complexity index is 1100. The summed E-state index contributed by atoms with van der Waals surface area (Å²) in [6, 6.07) is 2.94. The number of carbonyl (C=O) groups excluding carboxylic acids is 1. The second-order valence-electron chi connectivity index (χ2n) is 7.17. The fourth-order valence-corrected chi connectivity index (χ4v) is 6.56. The number of hydrogen-bond donors (Lipinski definition) is 1. The Morgan fingerprint density at radius 3 is 2.72 bits per heavy atom. The molecular weight excluding hydrogens is 420 g/mol. The maximum absolute atomic E-state index is 13.0. The zero-order valence-electron chi connectivity index (χ0n) is 16.5. The minimum Gasteiger partial charge on any atom is -0.468 e. The molecule has 1 atom stereocenters. The van der Waals surface area contributed by atoms with Crippen molar-refractivity contribution in [3.8, 4) is 0 Å². The number of nitrogens with one attached hydrogen (secondary N) is 1. The van der Waals surface area contributed by atoms with Crippen LogP contribution in [0, 0.1) is 13.8 Å². The standard InChI is InChI=1S/C17H24N4O6S2/c1-12-17(29(25,26)20(3)9-15-5-4-7-27-15)13(2)21(19-12)10-16(22)18-14-6-8-28(23,24)11-14/h4-5,7,14H,6,8-11H2,1-3H3,(H,18,22)/t14-/m0/s1. The molecule has 1 N–H and O–H groups in total. The number of furan rings is 1. The van der Waals surface area contributed by atoms with Crippen molar-refractivity contribution in [2.24, 2.45) is 0 Å². The van der Waals surface area contributed by atoms with E-state index in [-0.39, 0.29) is 35.2 Å². The van der Waals surface area contributed by atoms with Crippen molar-refractivity contribution in [2.45, 2.75) is 44.3 Å². The van der Waals surface area contributed by atoms with Crippen LogP contribution in [0.25, 0.3) is 0 Å². The fourth-order valence-electron chi connectivity index (χ4n) is 3.39. The van der Waals surface area contributed by atoms with Crippen LogP contribution in [-0.2, 0) is 37.7 Å². The van der Waals surface area contributed by atoms with Gasteiger partial charge in [-0.2, -0.15) is 9.40 Å². The summed E-state index contributed by atoms with van der Waals surface area (Å²) in [6.45, 7) is 3.02. The molecule has 0 radical (unpaired) electrons. The second kappa shape index (κ2) is 7.92. The molecule has 12 heteroatoms. The molecule has 1 aliphatic rings. The first-order valence-corrected chi connectivity index (χ1v) is 12.3. The van der Waals surface area contributed by atoms with E-state index in [2.05, 4.69) is 10.4 Å². The molecule has 10 nitrogen and oxygen atoms in total. The largest absolute Gasteiger partial charge is 0.468 e. The summed E-state index contributed by atoms with van der Waals surface area (Å²) >= 11 is 0. The number of rotatable bonds is 7. The minimum absolute atomic E-state index is 0.0443. The first-order chi connectivity index (χ1) is 13.5. The van der Waals surface area contributed by atoms with Crippen molar-refractivity contribution in [3.63, 3.8) is 0 Å². The van der Waals surface area contributed by atoms with Crippen LogP contribution in [0.5, 0.6) is 0 Å². The second-order valence-corrected chi connectivity index (χ2v) is 11.4. The van der Waals surface area contributed by atoms with Gasteiger partial charge in [0, 0.05) is 13.1 Å². The fraction of sp³-hybridized carbons (Fsp3) is 0.529. The van der Waals surface area contributed by atoms with Crippen LogP contribution in [0.4, 0.5) is 0 Å². The van der Waals surface area contributed by atoms with Crippen LogP contribution in [0.15, 0.2) is 27.7 Å². The third kappa shape index (κ3) is 4.70. The molecule has 0 saturated carbocycles. The smallest absolute Gasteiger partial charge is 0.246 e. The zero-order chi connectivity index (χ0) is 21.4. The van der Waals surface area contributed by atoms with Gasteiger partial charge in [-0.1, -0.05) is 0 Å². The average Bonchev–Trinajstić information content (AvgIpc) is 3.29. The van der Waals surface area contributed by atoms with Gasteiger partial charge in [0.2, 0.25) is 15.9 Å². The van der Waals surface area contributed by atoms with E-state index in [4.69, 9.17) is 4.42 Å². The van der Waals surface area contributed by atoms with Gasteiger partial charge in [0.15, 0.2) is 9.84 Å². The maximum Gasteiger partial charge on any atom is 0.246 e. The van der Waals surface area contributed by atoms with Crippen LogP contribution < -0.4 is 5.32 Å². The van der Waals surface area contributed by atoms with Crippen molar-refractivity contribution in [2.75, 3.05) is 18.6 Å². The van der Waals surface area contributed by atoms with Crippen LogP contribution >= 0.6 is 0 Å². The molecule has 0 spiro atoms. The number of carbonyl (C=O) groups is 1. The monoisotopic (exact) mass is 444 g/mol. The van der Waals surface area contributed by atoms with Gasteiger partial charge in [0.1, 0.15) is 17.2 Å². The predicted octanol–water partition coefficient (Wildman–Crippen LogP) is 0.217. The van der Waals surface area contributed by atoms with Crippen LogP contribution in [0.1, 0.15) is 23.6 Å². The Morgan fingerprint density at radius 1 is 1.41 bits per heavy atom. The van der Waals surface area contributed by atoms with Crippen LogP contribution in [0.2, 0.25) is 0 Å². The molecule has 29 heavy (non-hydrogen) atoms. The molecule has 3 rings (SSSR count). The Kier molecular flexibility index (Phi) is 5.88. The lowest BCUT2D eigenvalue weighted by Gasteiger charge is -2.16. The molecule has 1 fully saturated rings. The van der Waals surface area contributed by atoms with Crippen molar-refractivity contribution in [3.05, 3.63) is 35.5 Å². The Hall–Kier alpha value is -2.18. The molecule has 0 aromatic carbocycles. The zero-order valence-corrected chi connectivity index (χ0v) is 18.1. The van der Waals surface area contributed by atoms with Gasteiger partial charge in [-0.25, -0.2) is 16.8 Å². The number of aryl methyl sites for hydroxylation is 1. The molecule has 1 amide bonds. The Labute approximate surface area is 169 Å². The SMILES string of the molecule is Cc1nn(CC(=O)N[C@H]2CCS(=O)(=O)C2)c(C)c1S(=O)(=O)N(C)Cc1ccco1. The van der Waals surface area contributed by atoms with E-state index in [0.29, 0.717) is 17.9 Å². The Morgan fingerprint density at radius 2 is 2.14 bits per heavy atom. The first kappa shape index (κ1) is 21.5. The normalized spacial score (nSPS) is 19.0. The molecule has 3 heterocycles. The van der Waals surface area contributed by atoms with Crippen LogP contribution in [0.3, 0.4) is 0 Å². The molecule has 1 saturated heterocycles. The quantitative estimate of drug-likeness (QED) is 0.646. The highest BCUT2D eigenvalue weighted by Crippen LogP contribution is 2.24. The molecule has 160 valence electrons. The minimum atomic E-state index is -3.85. The van der Waals surface area contributed by atoms with Gasteiger partial charge in [-0.05, 0) is 32.4 Å². The van der Waals surface area contributed by atoms with Gasteiger partial charge >= 0.3 is 0 Å². The van der Waals surface area contributed by atoms with Gasteiger partial charge in [0.25, 0.3) is 0 Å². The predicted molar refractivity (Wildman–Crippen MR) is 104 cm³/mol. The summed E-state index contributed by atoms with van der Waals surface area (Å²) in [6.07, 6.45) is 1.85. The lowest BCUT2D eigenvalue weighted by atomic mass is 10.2. The summed E-state index contributed by atoms with van der Waals surface area (Å²) in [7, 11) is -5.51. The summed E-state index contributed by atoms with van der Waals surface area (Å²) in [4.78, 5) is 12.4. The third-order valence-corrected chi connectivity index (χ3v) is 8.66. The van der Waals surface area contributed by atoms with E-state index in [1.54, 1.807) is 26.0 Å². The molecular formula is C17H24N4O6S2. The summed E-state index contributed by atoms with van der Waals surface area (Å²) in [5.41, 5.74) is 0.619. The van der Waals surface area contributed by atoms with Crippen molar-refractivity contribution in [1.82, 2.24) is 19.4 Å². The Balaban J connectivity index is 1.74. The topological polar surface area (TPSA) is 132 Å². The van der Waals surface area contributed by atoms with E-state index in [1.807, 2.05) is 0 Å². The average molecular weight is 445 g/mol. The number of sulfonamides is 1. The molecule has 0 aliphatic carbocycles. The van der Waals surface area contributed by atoms with Crippen molar-refractivity contribution in [1.29, 1.82) is 0 Å². The summed E-state index contributed by atoms with van der Waals surface area (Å²) in [5, 5.41) is 6.89. The number of aromatic nitrogens is 2.